The Kier molecular flexibility index (Phi) is 2.13. The van der Waals surface area contributed by atoms with Crippen molar-refractivity contribution in [1.29, 1.82) is 0 Å². The third kappa shape index (κ3) is 1.46. The number of aromatic nitrogens is 5. The molecule has 3 rings (SSSR count). The summed E-state index contributed by atoms with van der Waals surface area (Å²) in [7, 11) is 1.94. The zero-order valence-corrected chi connectivity index (χ0v) is 10.5. The first-order valence-electron chi connectivity index (χ1n) is 5.69. The Balaban J connectivity index is 2.24. The van der Waals surface area contributed by atoms with Gasteiger partial charge in [-0.15, -0.1) is 5.10 Å². The van der Waals surface area contributed by atoms with Crippen molar-refractivity contribution < 1.29 is 0 Å². The molecule has 92 valence electrons. The Morgan fingerprint density at radius 3 is 2.67 bits per heavy atom. The van der Waals surface area contributed by atoms with Crippen LogP contribution in [0, 0.1) is 13.8 Å². The third-order valence-electron chi connectivity index (χ3n) is 3.15. The zero-order valence-electron chi connectivity index (χ0n) is 10.5. The van der Waals surface area contributed by atoms with Gasteiger partial charge in [0, 0.05) is 24.5 Å². The smallest absolute Gasteiger partial charge is 0.240 e. The van der Waals surface area contributed by atoms with Crippen LogP contribution in [0.2, 0.25) is 0 Å². The van der Waals surface area contributed by atoms with Gasteiger partial charge in [0.05, 0.1) is 5.69 Å². The molecule has 0 atom stereocenters. The van der Waals surface area contributed by atoms with Crippen LogP contribution in [-0.4, -0.2) is 24.4 Å². The Hall–Kier alpha value is -2.37. The van der Waals surface area contributed by atoms with Gasteiger partial charge in [0.25, 0.3) is 0 Å². The van der Waals surface area contributed by atoms with Crippen molar-refractivity contribution >= 4 is 11.6 Å². The van der Waals surface area contributed by atoms with Gasteiger partial charge in [0.2, 0.25) is 5.95 Å². The molecule has 3 aromatic heterocycles. The van der Waals surface area contributed by atoms with Crippen molar-refractivity contribution in [3.05, 3.63) is 29.7 Å². The number of nitrogens with two attached hydrogens (primary N) is 1. The van der Waals surface area contributed by atoms with E-state index in [1.807, 2.05) is 37.0 Å². The van der Waals surface area contributed by atoms with E-state index in [1.54, 1.807) is 4.52 Å². The molecule has 0 saturated heterocycles. The van der Waals surface area contributed by atoms with E-state index in [9.17, 15) is 0 Å². The Morgan fingerprint density at radius 2 is 2.00 bits per heavy atom. The van der Waals surface area contributed by atoms with Crippen molar-refractivity contribution in [2.75, 3.05) is 5.73 Å². The van der Waals surface area contributed by atoms with Crippen molar-refractivity contribution in [2.24, 2.45) is 7.05 Å². The number of aryl methyl sites for hydroxylation is 2. The summed E-state index contributed by atoms with van der Waals surface area (Å²) in [4.78, 5) is 4.17. The SMILES string of the molecule is Cc1nn(C)c(C)c1-c1ccn2nc(N)nc2c1. The maximum absolute atomic E-state index is 5.58. The van der Waals surface area contributed by atoms with Crippen LogP contribution in [0.1, 0.15) is 11.4 Å². The highest BCUT2D eigenvalue weighted by Crippen LogP contribution is 2.27. The van der Waals surface area contributed by atoms with E-state index in [0.717, 1.165) is 28.2 Å². The van der Waals surface area contributed by atoms with Gasteiger partial charge in [-0.05, 0) is 31.5 Å². The van der Waals surface area contributed by atoms with E-state index in [4.69, 9.17) is 5.73 Å². The summed E-state index contributed by atoms with van der Waals surface area (Å²) in [6.07, 6.45) is 1.86. The monoisotopic (exact) mass is 242 g/mol. The minimum Gasteiger partial charge on any atom is -0.366 e. The minimum atomic E-state index is 0.284. The van der Waals surface area contributed by atoms with Crippen LogP contribution in [0.25, 0.3) is 16.8 Å². The molecule has 0 unspecified atom stereocenters. The second kappa shape index (κ2) is 3.56. The summed E-state index contributed by atoms with van der Waals surface area (Å²) in [5, 5.41) is 8.48. The lowest BCUT2D eigenvalue weighted by molar-refractivity contribution is 0.731. The topological polar surface area (TPSA) is 74.0 Å². The van der Waals surface area contributed by atoms with Gasteiger partial charge in [0.15, 0.2) is 5.65 Å². The van der Waals surface area contributed by atoms with Gasteiger partial charge in [-0.1, -0.05) is 0 Å². The Bertz CT molecular complexity index is 736. The molecule has 0 bridgehead atoms. The number of hydrogen-bond donors (Lipinski definition) is 1. The molecule has 0 amide bonds. The van der Waals surface area contributed by atoms with Crippen LogP contribution in [-0.2, 0) is 7.05 Å². The van der Waals surface area contributed by atoms with Gasteiger partial charge >= 0.3 is 0 Å². The molecule has 18 heavy (non-hydrogen) atoms. The number of pyridine rings is 1. The van der Waals surface area contributed by atoms with E-state index in [0.29, 0.717) is 0 Å². The fraction of sp³-hybridized carbons (Fsp3) is 0.250. The number of fused-ring (bicyclic) bond motifs is 1. The van der Waals surface area contributed by atoms with Crippen molar-refractivity contribution in [3.8, 4) is 11.1 Å². The fourth-order valence-corrected chi connectivity index (χ4v) is 2.25. The molecule has 0 aliphatic carbocycles. The van der Waals surface area contributed by atoms with Crippen LogP contribution >= 0.6 is 0 Å². The normalized spacial score (nSPS) is 11.3. The number of nitrogens with zero attached hydrogens (tertiary/aromatic N) is 5. The lowest BCUT2D eigenvalue weighted by Crippen LogP contribution is -1.93. The van der Waals surface area contributed by atoms with Gasteiger partial charge in [-0.3, -0.25) is 4.68 Å². The first-order chi connectivity index (χ1) is 8.56. The third-order valence-corrected chi connectivity index (χ3v) is 3.15. The molecule has 0 saturated carbocycles. The van der Waals surface area contributed by atoms with Crippen LogP contribution in [0.3, 0.4) is 0 Å². The summed E-state index contributed by atoms with van der Waals surface area (Å²) in [6, 6.07) is 3.97. The standard InChI is InChI=1S/C12H14N6/c1-7-11(8(2)17(3)15-7)9-4-5-18-10(6-9)14-12(13)16-18/h4-6H,1-3H3,(H2,13,16). The second-order valence-corrected chi connectivity index (χ2v) is 4.36. The van der Waals surface area contributed by atoms with E-state index < -0.39 is 0 Å². The predicted molar refractivity (Wildman–Crippen MR) is 69.1 cm³/mol. The lowest BCUT2D eigenvalue weighted by atomic mass is 10.1. The average Bonchev–Trinajstić information content (AvgIpc) is 2.78. The number of nitrogen functional groups attached to an aromatic ring is 1. The molecule has 3 aromatic rings. The van der Waals surface area contributed by atoms with E-state index in [-0.39, 0.29) is 5.95 Å². The molecule has 0 aliphatic heterocycles. The molecular formula is C12H14N6. The van der Waals surface area contributed by atoms with Crippen LogP contribution in [0.15, 0.2) is 18.3 Å². The molecule has 2 N–H and O–H groups in total. The minimum absolute atomic E-state index is 0.284. The second-order valence-electron chi connectivity index (χ2n) is 4.36. The maximum atomic E-state index is 5.58. The molecule has 0 aliphatic rings. The summed E-state index contributed by atoms with van der Waals surface area (Å²) >= 11 is 0. The molecule has 6 heteroatoms. The first kappa shape index (κ1) is 10.8. The predicted octanol–water partition coefficient (Wildman–Crippen LogP) is 1.33. The molecular weight excluding hydrogens is 228 g/mol. The van der Waals surface area contributed by atoms with E-state index in [2.05, 4.69) is 22.1 Å². The van der Waals surface area contributed by atoms with Crippen LogP contribution < -0.4 is 5.73 Å². The number of rotatable bonds is 1. The van der Waals surface area contributed by atoms with Crippen molar-refractivity contribution in [3.63, 3.8) is 0 Å². The summed E-state index contributed by atoms with van der Waals surface area (Å²) in [6.45, 7) is 4.06. The number of anilines is 1. The van der Waals surface area contributed by atoms with E-state index >= 15 is 0 Å². The largest absolute Gasteiger partial charge is 0.366 e. The van der Waals surface area contributed by atoms with Crippen LogP contribution in [0.5, 0.6) is 0 Å². The highest BCUT2D eigenvalue weighted by Gasteiger charge is 2.12. The lowest BCUT2D eigenvalue weighted by Gasteiger charge is -2.02. The number of hydrogen-bond acceptors (Lipinski definition) is 4. The van der Waals surface area contributed by atoms with Crippen LogP contribution in [0.4, 0.5) is 5.95 Å². The average molecular weight is 242 g/mol. The van der Waals surface area contributed by atoms with Crippen molar-refractivity contribution in [2.45, 2.75) is 13.8 Å². The van der Waals surface area contributed by atoms with Gasteiger partial charge in [-0.2, -0.15) is 10.1 Å². The highest BCUT2D eigenvalue weighted by molar-refractivity contribution is 5.71. The fourth-order valence-electron chi connectivity index (χ4n) is 2.25. The molecule has 6 nitrogen and oxygen atoms in total. The summed E-state index contributed by atoms with van der Waals surface area (Å²) in [5.41, 5.74) is 10.7. The molecule has 3 heterocycles. The van der Waals surface area contributed by atoms with Crippen molar-refractivity contribution in [1.82, 2.24) is 24.4 Å². The summed E-state index contributed by atoms with van der Waals surface area (Å²) < 4.78 is 3.55. The molecule has 0 radical (unpaired) electrons. The Labute approximate surface area is 104 Å². The molecule has 0 aromatic carbocycles. The highest BCUT2D eigenvalue weighted by atomic mass is 15.3. The Morgan fingerprint density at radius 1 is 1.22 bits per heavy atom. The van der Waals surface area contributed by atoms with Gasteiger partial charge < -0.3 is 5.73 Å². The molecule has 0 spiro atoms. The first-order valence-corrected chi connectivity index (χ1v) is 5.69. The van der Waals surface area contributed by atoms with Gasteiger partial charge in [0.1, 0.15) is 0 Å². The quantitative estimate of drug-likeness (QED) is 0.698. The van der Waals surface area contributed by atoms with Gasteiger partial charge in [-0.25, -0.2) is 4.52 Å². The molecule has 0 fully saturated rings. The zero-order chi connectivity index (χ0) is 12.9. The maximum Gasteiger partial charge on any atom is 0.240 e. The van der Waals surface area contributed by atoms with E-state index in [1.165, 1.54) is 0 Å². The summed E-state index contributed by atoms with van der Waals surface area (Å²) in [5.74, 6) is 0.284.